The Morgan fingerprint density at radius 1 is 0.567 bits per heavy atom. The molecule has 0 aliphatic rings. The minimum Gasteiger partial charge on any atom is -0.493 e. The van der Waals surface area contributed by atoms with Crippen molar-refractivity contribution >= 4 is 85.3 Å². The molecule has 0 heterocycles. The molecule has 0 atom stereocenters. The molecular weight excluding hydrogens is 640 g/mol. The van der Waals surface area contributed by atoms with Crippen LogP contribution in [0.5, 0.6) is 11.5 Å². The highest BCUT2D eigenvalue weighted by Gasteiger charge is 2.22. The summed E-state index contributed by atoms with van der Waals surface area (Å²) in [6.07, 6.45) is 0. The molecule has 4 rings (SSSR count). The minimum absolute atomic E-state index is 0.575. The SMILES string of the molecule is CCOc1cc(Br)c2cc(Br)ccc2c1-c1c(OCC)cc(Br)c2cc(Br)ccc12. The third-order valence-corrected chi connectivity index (χ3v) is 7.17. The molecule has 6 heteroatoms. The largest absolute Gasteiger partial charge is 0.493 e. The normalized spacial score (nSPS) is 11.3. The molecule has 2 nitrogen and oxygen atoms in total. The molecule has 0 aliphatic carbocycles. The number of rotatable bonds is 5. The molecule has 0 amide bonds. The van der Waals surface area contributed by atoms with Crippen molar-refractivity contribution in [2.75, 3.05) is 13.2 Å². The van der Waals surface area contributed by atoms with Crippen molar-refractivity contribution in [1.29, 1.82) is 0 Å². The Morgan fingerprint density at radius 3 is 1.33 bits per heavy atom. The standard InChI is InChI=1S/C24H18Br4O2/c1-3-29-21-11-19(27)17-9-13(25)5-7-15(17)23(21)24-16-8-6-14(26)10-18(16)20(28)12-22(24)30-4-2/h5-12H,3-4H2,1-2H3. The van der Waals surface area contributed by atoms with Crippen LogP contribution in [0.15, 0.2) is 66.4 Å². The lowest BCUT2D eigenvalue weighted by Crippen LogP contribution is -2.00. The minimum atomic E-state index is 0.575. The lowest BCUT2D eigenvalue weighted by Gasteiger charge is -2.20. The maximum Gasteiger partial charge on any atom is 0.129 e. The molecule has 4 aromatic carbocycles. The molecule has 0 fully saturated rings. The van der Waals surface area contributed by atoms with Gasteiger partial charge < -0.3 is 9.47 Å². The Balaban J connectivity index is 2.21. The lowest BCUT2D eigenvalue weighted by molar-refractivity contribution is 0.337. The van der Waals surface area contributed by atoms with Crippen LogP contribution in [0.25, 0.3) is 32.7 Å². The van der Waals surface area contributed by atoms with Crippen LogP contribution in [-0.2, 0) is 0 Å². The molecule has 0 bridgehead atoms. The van der Waals surface area contributed by atoms with Crippen molar-refractivity contribution in [2.45, 2.75) is 13.8 Å². The molecular formula is C24H18Br4O2. The van der Waals surface area contributed by atoms with E-state index in [2.05, 4.69) is 112 Å². The first-order valence-electron chi connectivity index (χ1n) is 9.54. The van der Waals surface area contributed by atoms with Gasteiger partial charge in [-0.25, -0.2) is 0 Å². The number of benzene rings is 4. The smallest absolute Gasteiger partial charge is 0.129 e. The molecule has 0 N–H and O–H groups in total. The van der Waals surface area contributed by atoms with E-state index in [-0.39, 0.29) is 0 Å². The van der Waals surface area contributed by atoms with E-state index in [0.717, 1.165) is 62.1 Å². The van der Waals surface area contributed by atoms with Gasteiger partial charge >= 0.3 is 0 Å². The Labute approximate surface area is 209 Å². The Hall–Kier alpha value is -1.08. The summed E-state index contributed by atoms with van der Waals surface area (Å²) >= 11 is 14.7. The highest BCUT2D eigenvalue weighted by Crippen LogP contribution is 2.49. The first-order valence-corrected chi connectivity index (χ1v) is 12.7. The van der Waals surface area contributed by atoms with Crippen LogP contribution in [0.2, 0.25) is 0 Å². The van der Waals surface area contributed by atoms with Gasteiger partial charge in [0.15, 0.2) is 0 Å². The number of halogens is 4. The van der Waals surface area contributed by atoms with Gasteiger partial charge in [-0.3, -0.25) is 0 Å². The zero-order valence-electron chi connectivity index (χ0n) is 16.4. The van der Waals surface area contributed by atoms with Gasteiger partial charge in [0.05, 0.1) is 13.2 Å². The fraction of sp³-hybridized carbons (Fsp3) is 0.167. The molecule has 30 heavy (non-hydrogen) atoms. The molecule has 0 spiro atoms. The van der Waals surface area contributed by atoms with E-state index in [1.807, 2.05) is 13.8 Å². The van der Waals surface area contributed by atoms with Crippen LogP contribution in [0, 0.1) is 0 Å². The monoisotopic (exact) mass is 654 g/mol. The van der Waals surface area contributed by atoms with Gasteiger partial charge in [0, 0.05) is 29.0 Å². The molecule has 0 aliphatic heterocycles. The van der Waals surface area contributed by atoms with Crippen molar-refractivity contribution in [3.63, 3.8) is 0 Å². The topological polar surface area (TPSA) is 18.5 Å². The molecule has 0 saturated heterocycles. The first kappa shape index (κ1) is 22.1. The van der Waals surface area contributed by atoms with Gasteiger partial charge in [-0.05, 0) is 71.8 Å². The fourth-order valence-corrected chi connectivity index (χ4v) is 5.51. The van der Waals surface area contributed by atoms with Crippen LogP contribution < -0.4 is 9.47 Å². The van der Waals surface area contributed by atoms with Crippen molar-refractivity contribution in [3.05, 3.63) is 66.4 Å². The predicted octanol–water partition coefficient (Wildman–Crippen LogP) is 9.51. The maximum atomic E-state index is 6.13. The Morgan fingerprint density at radius 2 is 0.967 bits per heavy atom. The summed E-state index contributed by atoms with van der Waals surface area (Å²) in [6.45, 7) is 5.16. The molecule has 0 radical (unpaired) electrons. The van der Waals surface area contributed by atoms with E-state index >= 15 is 0 Å². The van der Waals surface area contributed by atoms with Gasteiger partial charge in [-0.2, -0.15) is 0 Å². The summed E-state index contributed by atoms with van der Waals surface area (Å²) in [6, 6.07) is 16.7. The van der Waals surface area contributed by atoms with Gasteiger partial charge in [-0.1, -0.05) is 75.9 Å². The van der Waals surface area contributed by atoms with Crippen LogP contribution >= 0.6 is 63.7 Å². The zero-order chi connectivity index (χ0) is 21.4. The van der Waals surface area contributed by atoms with E-state index in [9.17, 15) is 0 Å². The fourth-order valence-electron chi connectivity index (χ4n) is 3.71. The van der Waals surface area contributed by atoms with E-state index < -0.39 is 0 Å². The number of hydrogen-bond donors (Lipinski definition) is 0. The van der Waals surface area contributed by atoms with Crippen LogP contribution in [-0.4, -0.2) is 13.2 Å². The van der Waals surface area contributed by atoms with Crippen LogP contribution in [0.3, 0.4) is 0 Å². The van der Waals surface area contributed by atoms with Crippen molar-refractivity contribution in [2.24, 2.45) is 0 Å². The van der Waals surface area contributed by atoms with E-state index in [1.54, 1.807) is 0 Å². The summed E-state index contributed by atoms with van der Waals surface area (Å²) in [5, 5.41) is 4.42. The highest BCUT2D eigenvalue weighted by atomic mass is 79.9. The van der Waals surface area contributed by atoms with E-state index in [0.29, 0.717) is 13.2 Å². The van der Waals surface area contributed by atoms with Crippen LogP contribution in [0.4, 0.5) is 0 Å². The van der Waals surface area contributed by atoms with E-state index in [1.165, 1.54) is 0 Å². The molecule has 0 unspecified atom stereocenters. The zero-order valence-corrected chi connectivity index (χ0v) is 22.7. The summed E-state index contributed by atoms with van der Waals surface area (Å²) in [7, 11) is 0. The van der Waals surface area contributed by atoms with Gasteiger partial charge in [0.25, 0.3) is 0 Å². The molecule has 0 saturated carbocycles. The third-order valence-electron chi connectivity index (χ3n) is 4.87. The molecule has 0 aromatic heterocycles. The lowest BCUT2D eigenvalue weighted by atomic mass is 9.92. The number of ether oxygens (including phenoxy) is 2. The summed E-state index contributed by atoms with van der Waals surface area (Å²) < 4.78 is 16.3. The third kappa shape index (κ3) is 4.04. The summed E-state index contributed by atoms with van der Waals surface area (Å²) in [4.78, 5) is 0. The second-order valence-corrected chi connectivity index (χ2v) is 10.2. The van der Waals surface area contributed by atoms with E-state index in [4.69, 9.17) is 9.47 Å². The van der Waals surface area contributed by atoms with Gasteiger partial charge in [-0.15, -0.1) is 0 Å². The highest BCUT2D eigenvalue weighted by molar-refractivity contribution is 9.11. The number of fused-ring (bicyclic) bond motifs is 2. The predicted molar refractivity (Wildman–Crippen MR) is 140 cm³/mol. The van der Waals surface area contributed by atoms with Gasteiger partial charge in [0.1, 0.15) is 11.5 Å². The Kier molecular flexibility index (Phi) is 6.78. The molecule has 154 valence electrons. The average Bonchev–Trinajstić information content (AvgIpc) is 2.71. The van der Waals surface area contributed by atoms with Crippen LogP contribution in [0.1, 0.15) is 13.8 Å². The second-order valence-electron chi connectivity index (χ2n) is 6.71. The van der Waals surface area contributed by atoms with Crippen molar-refractivity contribution < 1.29 is 9.47 Å². The van der Waals surface area contributed by atoms with Crippen molar-refractivity contribution in [3.8, 4) is 22.6 Å². The Bertz CT molecular complexity index is 1170. The second kappa shape index (κ2) is 9.19. The number of hydrogen-bond acceptors (Lipinski definition) is 2. The summed E-state index contributed by atoms with van der Waals surface area (Å²) in [5.74, 6) is 1.65. The quantitative estimate of drug-likeness (QED) is 0.213. The maximum absolute atomic E-state index is 6.13. The average molecular weight is 658 g/mol. The first-order chi connectivity index (χ1) is 14.4. The van der Waals surface area contributed by atoms with Crippen molar-refractivity contribution in [1.82, 2.24) is 0 Å². The molecule has 4 aromatic rings. The van der Waals surface area contributed by atoms with Gasteiger partial charge in [0.2, 0.25) is 0 Å². The summed E-state index contributed by atoms with van der Waals surface area (Å²) in [5.41, 5.74) is 2.07.